The van der Waals surface area contributed by atoms with Gasteiger partial charge >= 0.3 is 0 Å². The van der Waals surface area contributed by atoms with Gasteiger partial charge in [-0.3, -0.25) is 14.1 Å². The Kier molecular flexibility index (Phi) is 4.06. The fraction of sp³-hybridized carbons (Fsp3) is 0.500. The van der Waals surface area contributed by atoms with Crippen LogP contribution in [0.25, 0.3) is 0 Å². The number of aryl methyl sites for hydroxylation is 3. The van der Waals surface area contributed by atoms with Crippen LogP contribution in [-0.4, -0.2) is 39.7 Å². The number of sulfonamides is 1. The zero-order valence-electron chi connectivity index (χ0n) is 12.5. The summed E-state index contributed by atoms with van der Waals surface area (Å²) in [6.45, 7) is 5.18. The number of rotatable bonds is 5. The van der Waals surface area contributed by atoms with Gasteiger partial charge in [0.25, 0.3) is 10.0 Å². The van der Waals surface area contributed by atoms with Crippen LogP contribution < -0.4 is 4.72 Å². The molecule has 0 saturated carbocycles. The van der Waals surface area contributed by atoms with E-state index in [1.54, 1.807) is 38.7 Å². The zero-order valence-corrected chi connectivity index (χ0v) is 13.3. The van der Waals surface area contributed by atoms with Crippen molar-refractivity contribution >= 4 is 15.7 Å². The van der Waals surface area contributed by atoms with E-state index in [-0.39, 0.29) is 18.0 Å². The second kappa shape index (κ2) is 5.49. The summed E-state index contributed by atoms with van der Waals surface area (Å²) in [5.74, 6) is 0. The van der Waals surface area contributed by atoms with Crippen molar-refractivity contribution in [1.29, 1.82) is 0 Å². The van der Waals surface area contributed by atoms with Gasteiger partial charge < -0.3 is 5.11 Å². The summed E-state index contributed by atoms with van der Waals surface area (Å²) in [5, 5.41) is 17.2. The lowest BCUT2D eigenvalue weighted by Gasteiger charge is -2.07. The molecular weight excluding hydrogens is 294 g/mol. The number of aliphatic hydroxyl groups excluding tert-OH is 1. The molecule has 8 nitrogen and oxygen atoms in total. The second-order valence-electron chi connectivity index (χ2n) is 4.85. The molecule has 9 heteroatoms. The molecule has 0 aromatic carbocycles. The van der Waals surface area contributed by atoms with E-state index in [4.69, 9.17) is 5.11 Å². The maximum absolute atomic E-state index is 12.6. The van der Waals surface area contributed by atoms with Crippen LogP contribution in [0.4, 0.5) is 5.69 Å². The number of aliphatic hydroxyl groups is 1. The van der Waals surface area contributed by atoms with Gasteiger partial charge in [-0.05, 0) is 20.8 Å². The van der Waals surface area contributed by atoms with Crippen LogP contribution in [-0.2, 0) is 23.6 Å². The lowest BCUT2D eigenvalue weighted by Crippen LogP contribution is -2.15. The van der Waals surface area contributed by atoms with Gasteiger partial charge in [0, 0.05) is 13.2 Å². The third kappa shape index (κ3) is 2.93. The fourth-order valence-electron chi connectivity index (χ4n) is 2.28. The van der Waals surface area contributed by atoms with Crippen molar-refractivity contribution < 1.29 is 13.5 Å². The Balaban J connectivity index is 2.42. The summed E-state index contributed by atoms with van der Waals surface area (Å²) in [4.78, 5) is 0.138. The Morgan fingerprint density at radius 3 is 2.43 bits per heavy atom. The van der Waals surface area contributed by atoms with Crippen molar-refractivity contribution in [1.82, 2.24) is 19.6 Å². The molecule has 21 heavy (non-hydrogen) atoms. The van der Waals surface area contributed by atoms with Crippen molar-refractivity contribution in [2.45, 2.75) is 32.2 Å². The van der Waals surface area contributed by atoms with Crippen LogP contribution in [0.2, 0.25) is 0 Å². The van der Waals surface area contributed by atoms with Gasteiger partial charge in [-0.15, -0.1) is 0 Å². The monoisotopic (exact) mass is 313 g/mol. The van der Waals surface area contributed by atoms with Crippen molar-refractivity contribution in [3.63, 3.8) is 0 Å². The van der Waals surface area contributed by atoms with E-state index in [1.807, 2.05) is 0 Å². The lowest BCUT2D eigenvalue weighted by molar-refractivity contribution is 0.267. The van der Waals surface area contributed by atoms with Gasteiger partial charge in [0.15, 0.2) is 0 Å². The Bertz CT molecular complexity index is 760. The highest BCUT2D eigenvalue weighted by molar-refractivity contribution is 7.92. The van der Waals surface area contributed by atoms with Gasteiger partial charge in [-0.25, -0.2) is 8.42 Å². The van der Waals surface area contributed by atoms with Crippen molar-refractivity contribution in [2.75, 3.05) is 11.3 Å². The summed E-state index contributed by atoms with van der Waals surface area (Å²) < 4.78 is 30.7. The third-order valence-corrected chi connectivity index (χ3v) is 4.77. The Morgan fingerprint density at radius 1 is 1.24 bits per heavy atom. The largest absolute Gasteiger partial charge is 0.394 e. The van der Waals surface area contributed by atoms with E-state index in [0.717, 1.165) is 0 Å². The number of aromatic nitrogens is 4. The summed E-state index contributed by atoms with van der Waals surface area (Å²) in [6, 6.07) is 0. The van der Waals surface area contributed by atoms with E-state index in [9.17, 15) is 8.42 Å². The van der Waals surface area contributed by atoms with E-state index in [0.29, 0.717) is 22.8 Å². The minimum atomic E-state index is -3.75. The zero-order chi connectivity index (χ0) is 15.8. The van der Waals surface area contributed by atoms with Crippen molar-refractivity contribution in [3.8, 4) is 0 Å². The van der Waals surface area contributed by atoms with E-state index < -0.39 is 10.0 Å². The van der Waals surface area contributed by atoms with Crippen LogP contribution >= 0.6 is 0 Å². The first-order valence-electron chi connectivity index (χ1n) is 6.44. The van der Waals surface area contributed by atoms with Crippen LogP contribution in [0.5, 0.6) is 0 Å². The minimum absolute atomic E-state index is 0.101. The Hall–Kier alpha value is -1.87. The van der Waals surface area contributed by atoms with Crippen LogP contribution in [0.1, 0.15) is 17.1 Å². The summed E-state index contributed by atoms with van der Waals surface area (Å²) in [6.07, 6.45) is 1.61. The molecule has 0 bridgehead atoms. The lowest BCUT2D eigenvalue weighted by atomic mass is 10.4. The topological polar surface area (TPSA) is 102 Å². The molecular formula is C12H19N5O3S. The average molecular weight is 313 g/mol. The molecule has 2 N–H and O–H groups in total. The van der Waals surface area contributed by atoms with Crippen LogP contribution in [0.3, 0.4) is 0 Å². The first-order valence-corrected chi connectivity index (χ1v) is 7.92. The van der Waals surface area contributed by atoms with Gasteiger partial charge in [0.1, 0.15) is 4.90 Å². The van der Waals surface area contributed by atoms with Gasteiger partial charge in [-0.2, -0.15) is 10.2 Å². The molecule has 0 amide bonds. The molecule has 0 radical (unpaired) electrons. The molecule has 0 unspecified atom stereocenters. The molecule has 0 aliphatic carbocycles. The highest BCUT2D eigenvalue weighted by Gasteiger charge is 2.25. The quantitative estimate of drug-likeness (QED) is 0.828. The number of hydrogen-bond donors (Lipinski definition) is 2. The average Bonchev–Trinajstić information content (AvgIpc) is 2.80. The minimum Gasteiger partial charge on any atom is -0.394 e. The summed E-state index contributed by atoms with van der Waals surface area (Å²) in [7, 11) is -2.03. The fourth-order valence-corrected chi connectivity index (χ4v) is 3.79. The van der Waals surface area contributed by atoms with E-state index >= 15 is 0 Å². The SMILES string of the molecule is Cc1nn(C)cc1NS(=O)(=O)c1c(C)nn(CCO)c1C. The number of nitrogens with one attached hydrogen (secondary N) is 1. The second-order valence-corrected chi connectivity index (χ2v) is 6.47. The molecule has 0 aliphatic heterocycles. The smallest absolute Gasteiger partial charge is 0.265 e. The molecule has 2 heterocycles. The number of hydrogen-bond acceptors (Lipinski definition) is 5. The molecule has 2 aromatic heterocycles. The summed E-state index contributed by atoms with van der Waals surface area (Å²) >= 11 is 0. The first kappa shape index (κ1) is 15.5. The standard InChI is InChI=1S/C12H19N5O3S/c1-8-11(7-16(4)13-8)15-21(19,20)12-9(2)14-17(5-6-18)10(12)3/h7,15,18H,5-6H2,1-4H3. The molecule has 0 saturated heterocycles. The number of nitrogens with zero attached hydrogens (tertiary/aromatic N) is 4. The van der Waals surface area contributed by atoms with Crippen molar-refractivity contribution in [3.05, 3.63) is 23.3 Å². The van der Waals surface area contributed by atoms with Gasteiger partial charge in [-0.1, -0.05) is 0 Å². The number of anilines is 1. The Morgan fingerprint density at radius 2 is 1.90 bits per heavy atom. The van der Waals surface area contributed by atoms with E-state index in [2.05, 4.69) is 14.9 Å². The molecule has 2 aromatic rings. The molecule has 0 fully saturated rings. The van der Waals surface area contributed by atoms with E-state index in [1.165, 1.54) is 4.68 Å². The van der Waals surface area contributed by atoms with Crippen molar-refractivity contribution in [2.24, 2.45) is 7.05 Å². The maximum Gasteiger partial charge on any atom is 0.265 e. The highest BCUT2D eigenvalue weighted by atomic mass is 32.2. The van der Waals surface area contributed by atoms with Crippen LogP contribution in [0.15, 0.2) is 11.1 Å². The maximum atomic E-state index is 12.6. The first-order chi connectivity index (χ1) is 9.76. The summed E-state index contributed by atoms with van der Waals surface area (Å²) in [5.41, 5.74) is 1.93. The van der Waals surface area contributed by atoms with Gasteiger partial charge in [0.05, 0.1) is 35.9 Å². The predicted molar refractivity (Wildman–Crippen MR) is 77.5 cm³/mol. The third-order valence-electron chi connectivity index (χ3n) is 3.15. The molecule has 0 aliphatic rings. The molecule has 2 rings (SSSR count). The van der Waals surface area contributed by atoms with Gasteiger partial charge in [0.2, 0.25) is 0 Å². The highest BCUT2D eigenvalue weighted by Crippen LogP contribution is 2.23. The molecule has 0 atom stereocenters. The predicted octanol–water partition coefficient (Wildman–Crippen LogP) is 0.335. The Labute approximate surface area is 123 Å². The normalized spacial score (nSPS) is 11.9. The van der Waals surface area contributed by atoms with Crippen LogP contribution in [0, 0.1) is 20.8 Å². The molecule has 116 valence electrons. The molecule has 0 spiro atoms.